The lowest BCUT2D eigenvalue weighted by Crippen LogP contribution is -2.70. The van der Waals surface area contributed by atoms with Gasteiger partial charge in [-0.2, -0.15) is 0 Å². The largest absolute Gasteiger partial charge is 0.394 e. The van der Waals surface area contributed by atoms with Crippen LogP contribution in [0.25, 0.3) is 0 Å². The lowest BCUT2D eigenvalue weighted by atomic mass is 9.94. The first-order chi connectivity index (χ1) is 22.7. The second-order valence-corrected chi connectivity index (χ2v) is 12.0. The number of carbonyl (C=O) groups is 1. The predicted molar refractivity (Wildman–Crippen MR) is 147 cm³/mol. The molecule has 4 heterocycles. The maximum Gasteiger partial charge on any atom is 0.217 e. The Kier molecular flexibility index (Phi) is 13.8. The Balaban J connectivity index is 1.61. The van der Waals surface area contributed by atoms with Crippen LogP contribution in [-0.4, -0.2) is 216 Å². The number of aliphatic hydroxyl groups excluding tert-OH is 12. The third-order valence-electron chi connectivity index (χ3n) is 8.69. The second-order valence-electron chi connectivity index (χ2n) is 12.0. The molecule has 0 spiro atoms. The van der Waals surface area contributed by atoms with Gasteiger partial charge in [0.25, 0.3) is 0 Å². The van der Waals surface area contributed by atoms with Crippen molar-refractivity contribution in [1.29, 1.82) is 0 Å². The number of nitrogens with one attached hydrogen (secondary N) is 1. The van der Waals surface area contributed by atoms with E-state index in [1.54, 1.807) is 0 Å². The summed E-state index contributed by atoms with van der Waals surface area (Å²) in [7, 11) is 0. The van der Waals surface area contributed by atoms with Crippen LogP contribution in [0.1, 0.15) is 6.92 Å². The van der Waals surface area contributed by atoms with Crippen LogP contribution < -0.4 is 11.1 Å². The van der Waals surface area contributed by atoms with E-state index in [2.05, 4.69) is 5.32 Å². The average Bonchev–Trinajstić information content (AvgIpc) is 3.06. The fourth-order valence-corrected chi connectivity index (χ4v) is 5.97. The summed E-state index contributed by atoms with van der Waals surface area (Å²) >= 11 is 0. The van der Waals surface area contributed by atoms with E-state index in [-0.39, 0.29) is 0 Å². The molecular weight excluding hydrogens is 660 g/mol. The second kappa shape index (κ2) is 16.8. The Morgan fingerprint density at radius 3 is 1.56 bits per heavy atom. The van der Waals surface area contributed by atoms with Crippen molar-refractivity contribution in [2.24, 2.45) is 5.73 Å². The SMILES string of the molecule is CC(=O)N[C@H]1[C@H](O[C@H]2[C@@H](O)[C@@H](CO)O[C@@H](O[C@H]3[C@H](O)[C@@H](N)C(O)O[C@@H]3CO)[C@@H]2O)O[C@H](CO)[C@@H](O)[C@@H]1O[C@@H]1O[C@H](CO)[C@H](O)[C@H](O)[C@H]1O. The molecule has 4 fully saturated rings. The van der Waals surface area contributed by atoms with Crippen molar-refractivity contribution in [2.45, 2.75) is 130 Å². The van der Waals surface area contributed by atoms with Crippen LogP contribution in [0.2, 0.25) is 0 Å². The summed E-state index contributed by atoms with van der Waals surface area (Å²) in [5, 5.41) is 126. The molecule has 0 aliphatic carbocycles. The highest BCUT2D eigenvalue weighted by atomic mass is 16.8. The van der Waals surface area contributed by atoms with E-state index in [1.807, 2.05) is 0 Å². The van der Waals surface area contributed by atoms with Crippen molar-refractivity contribution < 1.29 is 99.2 Å². The summed E-state index contributed by atoms with van der Waals surface area (Å²) in [6.45, 7) is -2.30. The molecule has 22 heteroatoms. The maximum absolute atomic E-state index is 12.3. The number of aliphatic hydroxyl groups is 12. The standard InChI is InChI=1S/C26H46N2O20/c1-6(33)28-12-21(47-25-18(39)17(38)13(34)7(2-29)44-25)14(35)8(3-30)43-24(12)48-22-15(36)9(4-31)45-26(19(22)40)46-20-10(5-32)42-23(41)11(27)16(20)37/h7-26,29-32,34-41H,2-5,27H2,1H3,(H,28,33)/t7-,8-,9-,10-,11-,12-,13+,14-,15+,16-,17+,18-,19-,20-,21-,22+,23?,24+,25+,26+/m1/s1. The smallest absolute Gasteiger partial charge is 0.217 e. The number of ether oxygens (including phenoxy) is 7. The van der Waals surface area contributed by atoms with Gasteiger partial charge in [-0.25, -0.2) is 0 Å². The molecule has 20 atom stereocenters. The fourth-order valence-electron chi connectivity index (χ4n) is 5.97. The number of rotatable bonds is 11. The third-order valence-corrected chi connectivity index (χ3v) is 8.69. The summed E-state index contributed by atoms with van der Waals surface area (Å²) in [5.41, 5.74) is 5.74. The highest BCUT2D eigenvalue weighted by Gasteiger charge is 2.55. The molecule has 0 saturated carbocycles. The summed E-state index contributed by atoms with van der Waals surface area (Å²) in [5.74, 6) is -0.753. The van der Waals surface area contributed by atoms with E-state index < -0.39 is 155 Å². The van der Waals surface area contributed by atoms with Gasteiger partial charge in [-0.15, -0.1) is 0 Å². The van der Waals surface area contributed by atoms with Gasteiger partial charge in [0.15, 0.2) is 25.2 Å². The van der Waals surface area contributed by atoms with Crippen molar-refractivity contribution in [3.63, 3.8) is 0 Å². The molecule has 15 N–H and O–H groups in total. The maximum atomic E-state index is 12.3. The van der Waals surface area contributed by atoms with Gasteiger partial charge in [0.2, 0.25) is 5.91 Å². The first-order valence-electron chi connectivity index (χ1n) is 15.2. The van der Waals surface area contributed by atoms with Gasteiger partial charge in [0, 0.05) is 6.92 Å². The zero-order chi connectivity index (χ0) is 35.6. The Hall–Kier alpha value is -1.33. The van der Waals surface area contributed by atoms with Crippen molar-refractivity contribution >= 4 is 5.91 Å². The monoisotopic (exact) mass is 706 g/mol. The minimum absolute atomic E-state index is 0.753. The van der Waals surface area contributed by atoms with E-state index in [9.17, 15) is 66.1 Å². The quantitative estimate of drug-likeness (QED) is 0.0948. The van der Waals surface area contributed by atoms with Crippen LogP contribution in [-0.2, 0) is 38.0 Å². The molecule has 48 heavy (non-hydrogen) atoms. The minimum atomic E-state index is -2.00. The van der Waals surface area contributed by atoms with Gasteiger partial charge in [-0.05, 0) is 0 Å². The van der Waals surface area contributed by atoms with Gasteiger partial charge in [-0.1, -0.05) is 0 Å². The molecule has 0 bridgehead atoms. The number of hydrogen-bond donors (Lipinski definition) is 14. The van der Waals surface area contributed by atoms with Crippen LogP contribution in [0.15, 0.2) is 0 Å². The fraction of sp³-hybridized carbons (Fsp3) is 0.962. The van der Waals surface area contributed by atoms with Crippen LogP contribution in [0.3, 0.4) is 0 Å². The lowest BCUT2D eigenvalue weighted by molar-refractivity contribution is -0.376. The molecule has 0 aromatic rings. The van der Waals surface area contributed by atoms with Crippen LogP contribution in [0.5, 0.6) is 0 Å². The van der Waals surface area contributed by atoms with Gasteiger partial charge in [0.05, 0.1) is 32.5 Å². The zero-order valence-electron chi connectivity index (χ0n) is 25.6. The lowest BCUT2D eigenvalue weighted by Gasteiger charge is -2.50. The summed E-state index contributed by atoms with van der Waals surface area (Å²) in [6.07, 6.45) is -30.9. The molecule has 4 saturated heterocycles. The molecule has 280 valence electrons. The average molecular weight is 707 g/mol. The van der Waals surface area contributed by atoms with Crippen LogP contribution in [0, 0.1) is 0 Å². The Bertz CT molecular complexity index is 1030. The van der Waals surface area contributed by atoms with Gasteiger partial charge in [-0.3, -0.25) is 4.79 Å². The van der Waals surface area contributed by atoms with Gasteiger partial charge in [0.1, 0.15) is 91.5 Å². The van der Waals surface area contributed by atoms with E-state index in [0.29, 0.717) is 0 Å². The molecule has 1 amide bonds. The van der Waals surface area contributed by atoms with E-state index in [4.69, 9.17) is 38.9 Å². The van der Waals surface area contributed by atoms with E-state index >= 15 is 0 Å². The molecule has 0 aromatic carbocycles. The van der Waals surface area contributed by atoms with Crippen molar-refractivity contribution in [2.75, 3.05) is 26.4 Å². The molecule has 4 aliphatic heterocycles. The van der Waals surface area contributed by atoms with Crippen molar-refractivity contribution in [3.8, 4) is 0 Å². The molecule has 0 radical (unpaired) electrons. The molecular formula is C26H46N2O20. The van der Waals surface area contributed by atoms with Gasteiger partial charge >= 0.3 is 0 Å². The number of carbonyl (C=O) groups excluding carboxylic acids is 1. The van der Waals surface area contributed by atoms with Crippen molar-refractivity contribution in [3.05, 3.63) is 0 Å². The molecule has 4 aliphatic rings. The van der Waals surface area contributed by atoms with Crippen LogP contribution >= 0.6 is 0 Å². The number of nitrogens with two attached hydrogens (primary N) is 1. The number of hydrogen-bond acceptors (Lipinski definition) is 21. The van der Waals surface area contributed by atoms with Crippen molar-refractivity contribution in [1.82, 2.24) is 5.32 Å². The Morgan fingerprint density at radius 2 is 1.02 bits per heavy atom. The zero-order valence-corrected chi connectivity index (χ0v) is 25.6. The van der Waals surface area contributed by atoms with E-state index in [1.165, 1.54) is 0 Å². The Morgan fingerprint density at radius 1 is 0.562 bits per heavy atom. The molecule has 4 rings (SSSR count). The normalized spacial score (nSPS) is 50.2. The third kappa shape index (κ3) is 8.08. The summed E-state index contributed by atoms with van der Waals surface area (Å²) in [4.78, 5) is 12.3. The number of amides is 1. The highest BCUT2D eigenvalue weighted by Crippen LogP contribution is 2.34. The van der Waals surface area contributed by atoms with Gasteiger partial charge < -0.3 is 105 Å². The molecule has 0 aromatic heterocycles. The predicted octanol–water partition coefficient (Wildman–Crippen LogP) is -9.64. The first kappa shape index (κ1) is 39.5. The summed E-state index contributed by atoms with van der Waals surface area (Å²) in [6, 6.07) is -3.00. The minimum Gasteiger partial charge on any atom is -0.394 e. The molecule has 22 nitrogen and oxygen atoms in total. The highest BCUT2D eigenvalue weighted by molar-refractivity contribution is 5.73. The first-order valence-corrected chi connectivity index (χ1v) is 15.2. The topological polar surface area (TPSA) is 362 Å². The van der Waals surface area contributed by atoms with E-state index in [0.717, 1.165) is 6.92 Å². The Labute approximate surface area is 272 Å². The summed E-state index contributed by atoms with van der Waals surface area (Å²) < 4.78 is 39.0. The molecule has 1 unspecified atom stereocenters. The van der Waals surface area contributed by atoms with Crippen LogP contribution in [0.4, 0.5) is 0 Å².